The van der Waals surface area contributed by atoms with Gasteiger partial charge in [-0.05, 0) is 67.3 Å². The number of halogens is 1. The van der Waals surface area contributed by atoms with E-state index in [1.165, 1.54) is 0 Å². The van der Waals surface area contributed by atoms with E-state index in [2.05, 4.69) is 69.3 Å². The summed E-state index contributed by atoms with van der Waals surface area (Å²) in [5.41, 5.74) is 3.88. The van der Waals surface area contributed by atoms with Gasteiger partial charge in [-0.25, -0.2) is 4.98 Å². The first-order chi connectivity index (χ1) is 22.1. The van der Waals surface area contributed by atoms with Gasteiger partial charge in [-0.15, -0.1) is 0 Å². The van der Waals surface area contributed by atoms with Crippen molar-refractivity contribution in [1.82, 2.24) is 29.7 Å². The van der Waals surface area contributed by atoms with Crippen LogP contribution in [0.3, 0.4) is 0 Å². The molecule has 0 radical (unpaired) electrons. The number of ether oxygens (including phenoxy) is 1. The number of likely N-dealkylation sites (N-methyl/N-ethyl adjacent to an activating group) is 1. The van der Waals surface area contributed by atoms with Gasteiger partial charge in [0.15, 0.2) is 0 Å². The number of fused-ring (bicyclic) bond motifs is 1. The molecule has 2 saturated heterocycles. The quantitative estimate of drug-likeness (QED) is 0.239. The van der Waals surface area contributed by atoms with Gasteiger partial charge in [-0.1, -0.05) is 0 Å². The molecule has 46 heavy (non-hydrogen) atoms. The molecule has 0 atom stereocenters. The predicted octanol–water partition coefficient (Wildman–Crippen LogP) is 5.01. The SMILES string of the molecule is COc1cc(N2CCC(N3CCN(C)CC3)CC2)c(C#N)cc1Nc1ncc(Br)c(Nc2ccc3nccnc3c2P(C)(C)=O)n1. The maximum atomic E-state index is 13.4. The van der Waals surface area contributed by atoms with E-state index in [1.54, 1.807) is 45.1 Å². The number of anilines is 5. The smallest absolute Gasteiger partial charge is 0.229 e. The molecule has 2 aliphatic heterocycles. The lowest BCUT2D eigenvalue weighted by molar-refractivity contribution is 0.0982. The fourth-order valence-electron chi connectivity index (χ4n) is 6.28. The van der Waals surface area contributed by atoms with Crippen molar-refractivity contribution in [3.63, 3.8) is 0 Å². The molecule has 4 heterocycles. The summed E-state index contributed by atoms with van der Waals surface area (Å²) in [5.74, 6) is 1.35. The third kappa shape index (κ3) is 6.81. The highest BCUT2D eigenvalue weighted by atomic mass is 79.9. The van der Waals surface area contributed by atoms with Crippen molar-refractivity contribution in [1.29, 1.82) is 5.26 Å². The van der Waals surface area contributed by atoms with Crippen LogP contribution in [0.15, 0.2) is 47.3 Å². The monoisotopic (exact) mass is 704 g/mol. The van der Waals surface area contributed by atoms with Crippen molar-refractivity contribution in [3.05, 3.63) is 52.9 Å². The fourth-order valence-corrected chi connectivity index (χ4v) is 7.96. The van der Waals surface area contributed by atoms with Crippen molar-refractivity contribution in [2.24, 2.45) is 0 Å². The molecule has 2 aromatic carbocycles. The van der Waals surface area contributed by atoms with Crippen LogP contribution in [0.25, 0.3) is 11.0 Å². The van der Waals surface area contributed by atoms with Crippen LogP contribution in [0.5, 0.6) is 5.75 Å². The summed E-state index contributed by atoms with van der Waals surface area (Å²) >= 11 is 3.54. The molecule has 2 N–H and O–H groups in total. The molecule has 2 aliphatic rings. The molecule has 2 fully saturated rings. The number of rotatable bonds is 8. The number of piperidine rings is 1. The Kier molecular flexibility index (Phi) is 9.43. The van der Waals surface area contributed by atoms with Gasteiger partial charge in [-0.2, -0.15) is 10.2 Å². The standard InChI is InChI=1S/C32H38BrN10O2P/c1-41-13-15-42(16-14-41)22-7-11-43(12-8-22)27-18-28(45-2)26(17-21(27)19-34)39-32-37-20-23(33)31(40-32)38-25-6-5-24-29(36-10-9-35-24)30(25)46(3,4)44/h5-6,9-10,17-18,20,22H,7-8,11-16H2,1-4H3,(H2,37,38,39,40). The van der Waals surface area contributed by atoms with Gasteiger partial charge >= 0.3 is 0 Å². The number of aromatic nitrogens is 4. The molecule has 0 saturated carbocycles. The number of nitriles is 1. The molecule has 0 bridgehead atoms. The summed E-state index contributed by atoms with van der Waals surface area (Å²) in [6.07, 6.45) is 6.97. The van der Waals surface area contributed by atoms with Crippen molar-refractivity contribution in [2.45, 2.75) is 18.9 Å². The highest BCUT2D eigenvalue weighted by Crippen LogP contribution is 2.41. The summed E-state index contributed by atoms with van der Waals surface area (Å²) in [5, 5.41) is 17.3. The van der Waals surface area contributed by atoms with Gasteiger partial charge in [0.2, 0.25) is 5.95 Å². The van der Waals surface area contributed by atoms with E-state index in [4.69, 9.17) is 9.72 Å². The molecule has 0 aliphatic carbocycles. The minimum absolute atomic E-state index is 0.298. The van der Waals surface area contributed by atoms with Crippen molar-refractivity contribution < 1.29 is 9.30 Å². The maximum absolute atomic E-state index is 13.4. The zero-order valence-electron chi connectivity index (χ0n) is 26.5. The van der Waals surface area contributed by atoms with Crippen LogP contribution in [-0.2, 0) is 4.57 Å². The molecule has 12 nitrogen and oxygen atoms in total. The summed E-state index contributed by atoms with van der Waals surface area (Å²) in [7, 11) is 1.03. The number of piperazine rings is 1. The molecular formula is C32H38BrN10O2P. The predicted molar refractivity (Wildman–Crippen MR) is 187 cm³/mol. The highest BCUT2D eigenvalue weighted by molar-refractivity contribution is 9.10. The number of nitrogens with one attached hydrogen (secondary N) is 2. The van der Waals surface area contributed by atoms with E-state index in [-0.39, 0.29) is 0 Å². The second-order valence-electron chi connectivity index (χ2n) is 12.1. The second-order valence-corrected chi connectivity index (χ2v) is 16.1. The molecule has 6 rings (SSSR count). The molecule has 0 amide bonds. The third-order valence-corrected chi connectivity index (χ3v) is 10.8. The zero-order valence-corrected chi connectivity index (χ0v) is 29.0. The number of nitrogens with zero attached hydrogens (tertiary/aromatic N) is 8. The van der Waals surface area contributed by atoms with E-state index >= 15 is 0 Å². The van der Waals surface area contributed by atoms with Crippen LogP contribution >= 0.6 is 23.1 Å². The minimum Gasteiger partial charge on any atom is -0.494 e. The Morgan fingerprint density at radius 2 is 1.74 bits per heavy atom. The van der Waals surface area contributed by atoms with Crippen molar-refractivity contribution >= 4 is 68.2 Å². The molecule has 2 aromatic heterocycles. The summed E-state index contributed by atoms with van der Waals surface area (Å²) in [6.45, 7) is 9.65. The topological polar surface area (TPSA) is 135 Å². The average molecular weight is 706 g/mol. The Morgan fingerprint density at radius 1 is 1.00 bits per heavy atom. The lowest BCUT2D eigenvalue weighted by Gasteiger charge is -2.42. The van der Waals surface area contributed by atoms with Gasteiger partial charge in [0.05, 0.1) is 45.0 Å². The van der Waals surface area contributed by atoms with Crippen LogP contribution in [0, 0.1) is 11.3 Å². The molecular weight excluding hydrogens is 667 g/mol. The van der Waals surface area contributed by atoms with Crippen LogP contribution in [0.1, 0.15) is 18.4 Å². The largest absolute Gasteiger partial charge is 0.494 e. The molecule has 0 unspecified atom stereocenters. The lowest BCUT2D eigenvalue weighted by Crippen LogP contribution is -2.52. The van der Waals surface area contributed by atoms with E-state index in [1.807, 2.05) is 18.2 Å². The van der Waals surface area contributed by atoms with Gasteiger partial charge in [0.1, 0.15) is 30.3 Å². The Bertz CT molecular complexity index is 1830. The normalized spacial score (nSPS) is 16.7. The van der Waals surface area contributed by atoms with Gasteiger partial charge in [0, 0.05) is 70.0 Å². The Hall–Kier alpha value is -3.82. The number of hydrogen-bond donors (Lipinski definition) is 2. The van der Waals surface area contributed by atoms with Gasteiger partial charge in [0.25, 0.3) is 0 Å². The van der Waals surface area contributed by atoms with E-state index in [0.717, 1.165) is 57.8 Å². The summed E-state index contributed by atoms with van der Waals surface area (Å²) < 4.78 is 19.8. The van der Waals surface area contributed by atoms with Gasteiger partial charge < -0.3 is 29.7 Å². The Balaban J connectivity index is 1.23. The van der Waals surface area contributed by atoms with E-state index in [0.29, 0.717) is 61.3 Å². The summed E-state index contributed by atoms with van der Waals surface area (Å²) in [6, 6.07) is 10.4. The highest BCUT2D eigenvalue weighted by Gasteiger charge is 2.28. The minimum atomic E-state index is -2.76. The first kappa shape index (κ1) is 32.1. The maximum Gasteiger partial charge on any atom is 0.229 e. The van der Waals surface area contributed by atoms with Crippen LogP contribution in [0.4, 0.5) is 28.8 Å². The lowest BCUT2D eigenvalue weighted by atomic mass is 10.0. The Labute approximate surface area is 277 Å². The number of methoxy groups -OCH3 is 1. The Morgan fingerprint density at radius 3 is 2.43 bits per heavy atom. The molecule has 0 spiro atoms. The number of hydrogen-bond acceptors (Lipinski definition) is 12. The van der Waals surface area contributed by atoms with Crippen molar-refractivity contribution in [2.75, 3.05) is 82.3 Å². The van der Waals surface area contributed by atoms with Crippen LogP contribution < -0.4 is 25.6 Å². The number of benzene rings is 2. The third-order valence-electron chi connectivity index (χ3n) is 8.69. The van der Waals surface area contributed by atoms with Crippen molar-refractivity contribution in [3.8, 4) is 11.8 Å². The first-order valence-corrected chi connectivity index (χ1v) is 18.7. The van der Waals surface area contributed by atoms with E-state index in [9.17, 15) is 9.83 Å². The molecule has 14 heteroatoms. The zero-order chi connectivity index (χ0) is 32.4. The molecule has 240 valence electrons. The summed E-state index contributed by atoms with van der Waals surface area (Å²) in [4.78, 5) is 25.3. The first-order valence-electron chi connectivity index (χ1n) is 15.3. The van der Waals surface area contributed by atoms with Crippen LogP contribution in [0.2, 0.25) is 0 Å². The fraction of sp³-hybridized carbons (Fsp3) is 0.406. The van der Waals surface area contributed by atoms with E-state index < -0.39 is 7.14 Å². The van der Waals surface area contributed by atoms with Gasteiger partial charge in [-0.3, -0.25) is 14.9 Å². The average Bonchev–Trinajstić information content (AvgIpc) is 3.06. The van der Waals surface area contributed by atoms with Crippen LogP contribution in [-0.4, -0.2) is 103 Å². The second kappa shape index (κ2) is 13.5. The molecule has 4 aromatic rings.